The molecule has 0 aliphatic rings. The first kappa shape index (κ1) is 99.9. The van der Waals surface area contributed by atoms with Gasteiger partial charge in [-0.3, -0.25) is 19.4 Å². The number of nitrogens with zero attached hydrogens (tertiary/aromatic N) is 5. The van der Waals surface area contributed by atoms with Crippen LogP contribution < -0.4 is 0 Å². The second-order valence-corrected chi connectivity index (χ2v) is 25.2. The topological polar surface area (TPSA) is 176 Å². The summed E-state index contributed by atoms with van der Waals surface area (Å²) in [4.78, 5) is 52.3. The van der Waals surface area contributed by atoms with Crippen molar-refractivity contribution in [1.82, 2.24) is 24.9 Å². The van der Waals surface area contributed by atoms with E-state index in [-0.39, 0.29) is 135 Å². The van der Waals surface area contributed by atoms with Gasteiger partial charge in [0.2, 0.25) is 0 Å². The van der Waals surface area contributed by atoms with Gasteiger partial charge in [0.05, 0.1) is 22.8 Å². The zero-order chi connectivity index (χ0) is 78.3. The minimum atomic E-state index is -0.125. The Balaban J connectivity index is 0.000000452. The third-order valence-electron chi connectivity index (χ3n) is 15.6. The van der Waals surface area contributed by atoms with E-state index in [0.29, 0.717) is 0 Å². The molecule has 0 amide bonds. The quantitative estimate of drug-likeness (QED) is 0.0603. The number of hydrogen-bond acceptors (Lipinski definition) is 11. The molecule has 16 heteroatoms. The van der Waals surface area contributed by atoms with E-state index in [1.165, 1.54) is 121 Å². The van der Waals surface area contributed by atoms with Crippen molar-refractivity contribution in [1.29, 1.82) is 0 Å². The number of para-hydroxylation sites is 1. The summed E-state index contributed by atoms with van der Waals surface area (Å²) in [6, 6.07) is 108. The van der Waals surface area contributed by atoms with E-state index in [4.69, 9.17) is 20.3 Å². The van der Waals surface area contributed by atoms with Gasteiger partial charge in [0.15, 0.2) is 17.3 Å². The molecular formula is C98H90Ir5N5O6-5. The molecule has 0 fully saturated rings. The van der Waals surface area contributed by atoms with Crippen LogP contribution in [0.5, 0.6) is 0 Å². The van der Waals surface area contributed by atoms with Crippen molar-refractivity contribution in [2.24, 2.45) is 0 Å². The van der Waals surface area contributed by atoms with E-state index >= 15 is 0 Å². The molecule has 0 atom stereocenters. The largest absolute Gasteiger partial charge is 0.512 e. The van der Waals surface area contributed by atoms with Crippen molar-refractivity contribution in [3.05, 3.63) is 391 Å². The molecule has 0 spiro atoms. The van der Waals surface area contributed by atoms with Crippen LogP contribution in [0.15, 0.2) is 333 Å². The van der Waals surface area contributed by atoms with Crippen LogP contribution in [-0.4, -0.2) is 57.6 Å². The van der Waals surface area contributed by atoms with Gasteiger partial charge in [-0.1, -0.05) is 177 Å². The fourth-order valence-electron chi connectivity index (χ4n) is 10.7. The van der Waals surface area contributed by atoms with Gasteiger partial charge in [-0.05, 0) is 154 Å². The number of rotatable bonds is 12. The number of carbonyl (C=O) groups excluding carboxylic acids is 3. The number of pyridine rings is 5. The van der Waals surface area contributed by atoms with Gasteiger partial charge in [0, 0.05) is 144 Å². The molecule has 0 saturated heterocycles. The number of ketones is 3. The van der Waals surface area contributed by atoms with Crippen molar-refractivity contribution >= 4 is 28.3 Å². The maximum atomic E-state index is 10.0. The summed E-state index contributed by atoms with van der Waals surface area (Å²) < 4.78 is 0. The molecule has 14 aromatic rings. The molecular weight excluding hydrogens is 2300 g/mol. The standard InChI is InChI=1S/C19H16N.2C18H14N.C17H14N.C11H8N.3C5H8O2.5Ir/c1-2-15-11-12-20-19(13-15)18-10-6-9-17(14-18)16-7-4-3-5-8-16;1-14-6-5-9-16(12-14)17-10-11-19-18(13-17)15-7-3-2-4-8-15;1-14-7-9-15(10-8-14)17-11-12-19-18(13-17)16-5-3-2-4-6-16;1-12-9-13(2)11-15(10-12)17-8-7-14-5-3-4-6-16(14)18-17;1-2-6-10(7-3-1)11-8-4-5-9-12-11;3*1-4(6)3-5(2)7;;;;;/h3-9,11-14H,2H2,1H3;2-7,9-13H,1H3;2-5,7-13H,1H3;3-10H,1-2H3;1-6,8-9H;3*3,6H,1-2H3;;;;;/q5*-1;;;;;;;;. The van der Waals surface area contributed by atoms with Gasteiger partial charge in [0.1, 0.15) is 0 Å². The molecule has 3 N–H and O–H groups in total. The minimum absolute atomic E-state index is 0. The number of allylic oxidation sites excluding steroid dienone is 6. The van der Waals surface area contributed by atoms with Crippen molar-refractivity contribution in [3.63, 3.8) is 0 Å². The van der Waals surface area contributed by atoms with E-state index in [9.17, 15) is 14.4 Å². The zero-order valence-corrected chi connectivity index (χ0v) is 77.2. The number of aryl methyl sites for hydroxylation is 5. The van der Waals surface area contributed by atoms with E-state index < -0.39 is 0 Å². The summed E-state index contributed by atoms with van der Waals surface area (Å²) in [5, 5.41) is 26.3. The third kappa shape index (κ3) is 36.8. The van der Waals surface area contributed by atoms with Gasteiger partial charge in [0.25, 0.3) is 0 Å². The molecule has 5 heterocycles. The second kappa shape index (κ2) is 54.6. The summed E-state index contributed by atoms with van der Waals surface area (Å²) in [7, 11) is 0. The van der Waals surface area contributed by atoms with Crippen molar-refractivity contribution in [3.8, 4) is 89.7 Å². The van der Waals surface area contributed by atoms with Crippen LogP contribution in [0.3, 0.4) is 0 Å². The number of hydrogen-bond donors (Lipinski definition) is 3. The summed E-state index contributed by atoms with van der Waals surface area (Å²) in [5.74, 6) is -0.187. The summed E-state index contributed by atoms with van der Waals surface area (Å²) in [6.45, 7) is 19.1. The number of aliphatic hydroxyl groups excluding tert-OH is 3. The summed E-state index contributed by atoms with van der Waals surface area (Å²) in [6.07, 6.45) is 11.9. The Morgan fingerprint density at radius 2 is 0.772 bits per heavy atom. The van der Waals surface area contributed by atoms with Gasteiger partial charge < -0.3 is 35.3 Å². The van der Waals surface area contributed by atoms with Gasteiger partial charge in [-0.2, -0.15) is 0 Å². The summed E-state index contributed by atoms with van der Waals surface area (Å²) in [5.41, 5.74) is 24.5. The number of benzene rings is 9. The first-order valence-electron chi connectivity index (χ1n) is 35.5. The van der Waals surface area contributed by atoms with Crippen LogP contribution in [0.1, 0.15) is 76.3 Å². The molecule has 0 unspecified atom stereocenters. The Kier molecular flexibility index (Phi) is 47.8. The van der Waals surface area contributed by atoms with E-state index in [1.54, 1.807) is 6.20 Å². The van der Waals surface area contributed by atoms with Crippen LogP contribution >= 0.6 is 0 Å². The Bertz CT molecular complexity index is 5150. The van der Waals surface area contributed by atoms with Crippen molar-refractivity contribution < 1.29 is 130 Å². The molecule has 9 aromatic carbocycles. The fraction of sp³-hybridized carbons (Fsp3) is 0.122. The molecule has 11 nitrogen and oxygen atoms in total. The fourth-order valence-corrected chi connectivity index (χ4v) is 10.7. The number of carbonyl (C=O) groups is 3. The van der Waals surface area contributed by atoms with Crippen molar-refractivity contribution in [2.45, 2.75) is 82.6 Å². The zero-order valence-electron chi connectivity index (χ0n) is 65.2. The Morgan fingerprint density at radius 3 is 1.25 bits per heavy atom. The van der Waals surface area contributed by atoms with Crippen LogP contribution in [-0.2, 0) is 121 Å². The maximum Gasteiger partial charge on any atom is 0.155 e. The predicted molar refractivity (Wildman–Crippen MR) is 446 cm³/mol. The average molecular weight is 2390 g/mol. The number of aliphatic hydroxyl groups is 3. The third-order valence-corrected chi connectivity index (χ3v) is 15.6. The van der Waals surface area contributed by atoms with Gasteiger partial charge >= 0.3 is 0 Å². The summed E-state index contributed by atoms with van der Waals surface area (Å²) >= 11 is 0. The number of fused-ring (bicyclic) bond motifs is 1. The minimum Gasteiger partial charge on any atom is -0.512 e. The van der Waals surface area contributed by atoms with E-state index in [0.717, 1.165) is 73.8 Å². The van der Waals surface area contributed by atoms with E-state index in [2.05, 4.69) is 224 Å². The van der Waals surface area contributed by atoms with E-state index in [1.807, 2.05) is 152 Å². The molecule has 5 aromatic heterocycles. The molecule has 0 bridgehead atoms. The first-order chi connectivity index (χ1) is 52.6. The van der Waals surface area contributed by atoms with Crippen LogP contribution in [0, 0.1) is 58.0 Å². The first-order valence-corrected chi connectivity index (χ1v) is 35.5. The number of aromatic nitrogens is 5. The second-order valence-electron chi connectivity index (χ2n) is 25.2. The van der Waals surface area contributed by atoms with Crippen molar-refractivity contribution in [2.75, 3.05) is 0 Å². The molecule has 114 heavy (non-hydrogen) atoms. The molecule has 5 radical (unpaired) electrons. The van der Waals surface area contributed by atoms with Crippen LogP contribution in [0.2, 0.25) is 0 Å². The van der Waals surface area contributed by atoms with Gasteiger partial charge in [-0.25, -0.2) is 0 Å². The average Bonchev–Trinajstić information content (AvgIpc) is 0.828. The normalized spacial score (nSPS) is 10.1. The van der Waals surface area contributed by atoms with Crippen LogP contribution in [0.4, 0.5) is 0 Å². The molecule has 0 aliphatic carbocycles. The Morgan fingerprint density at radius 1 is 0.325 bits per heavy atom. The molecule has 593 valence electrons. The van der Waals surface area contributed by atoms with Gasteiger partial charge in [-0.15, -0.1) is 178 Å². The maximum absolute atomic E-state index is 10.0. The molecule has 14 rings (SSSR count). The SMILES string of the molecule is CC(=O)C=C(C)O.CC(=O)C=C(C)O.CC(=O)C=C(C)O.CCc1ccnc(-c2[c-]ccc(-c3ccccc3)c2)c1.Cc1[c-]c(-c2ccc3ccccc3n2)cc(C)c1.Cc1ccc(-c2ccnc(-c3[c-]cccc3)c2)cc1.Cc1cccc(-c2ccnc(-c3[c-]cccc3)c2)c1.[Ir].[Ir].[Ir].[Ir].[Ir].[c-]1ccccc1-c1ccccn1. The Labute approximate surface area is 740 Å². The smallest absolute Gasteiger partial charge is 0.155 e. The predicted octanol–water partition coefficient (Wildman–Crippen LogP) is 23.8. The molecule has 0 aliphatic heterocycles. The molecule has 0 saturated carbocycles. The monoisotopic (exact) mass is 2400 g/mol. The Hall–Kier alpha value is -10.1. The van der Waals surface area contributed by atoms with Crippen LogP contribution in [0.25, 0.3) is 101 Å².